The number of rotatable bonds is 6. The number of ether oxygens (including phenoxy) is 1. The van der Waals surface area contributed by atoms with Crippen molar-refractivity contribution in [3.63, 3.8) is 0 Å². The van der Waals surface area contributed by atoms with Crippen LogP contribution in [0.3, 0.4) is 0 Å². The molecule has 0 unspecified atom stereocenters. The number of furan rings is 1. The molecular formula is C23H25NO4S. The van der Waals surface area contributed by atoms with Crippen LogP contribution in [0, 0.1) is 27.7 Å². The van der Waals surface area contributed by atoms with Gasteiger partial charge in [0, 0.05) is 10.4 Å². The predicted molar refractivity (Wildman–Crippen MR) is 116 cm³/mol. The van der Waals surface area contributed by atoms with Gasteiger partial charge in [0.05, 0.1) is 18.4 Å². The molecule has 0 aliphatic rings. The first-order chi connectivity index (χ1) is 13.8. The zero-order valence-corrected chi connectivity index (χ0v) is 18.2. The molecule has 0 atom stereocenters. The fourth-order valence-corrected chi connectivity index (χ4v) is 4.27. The van der Waals surface area contributed by atoms with Crippen molar-refractivity contribution in [2.75, 3.05) is 11.9 Å². The van der Waals surface area contributed by atoms with E-state index >= 15 is 0 Å². The topological polar surface area (TPSA) is 68.5 Å². The molecule has 3 rings (SSSR count). The van der Waals surface area contributed by atoms with Crippen molar-refractivity contribution in [2.45, 2.75) is 41.0 Å². The van der Waals surface area contributed by atoms with Crippen LogP contribution >= 0.6 is 11.3 Å². The Bertz CT molecular complexity index is 1060. The second-order valence-corrected chi connectivity index (χ2v) is 8.26. The van der Waals surface area contributed by atoms with Gasteiger partial charge in [0.25, 0.3) is 5.91 Å². The van der Waals surface area contributed by atoms with Gasteiger partial charge in [-0.25, -0.2) is 4.79 Å². The van der Waals surface area contributed by atoms with Gasteiger partial charge in [0.1, 0.15) is 16.3 Å². The Hall–Kier alpha value is -2.86. The highest BCUT2D eigenvalue weighted by molar-refractivity contribution is 7.17. The molecule has 0 saturated heterocycles. The number of thiophene rings is 1. The number of esters is 1. The minimum absolute atomic E-state index is 0.311. The van der Waals surface area contributed by atoms with Crippen LogP contribution in [0.2, 0.25) is 0 Å². The van der Waals surface area contributed by atoms with Crippen molar-refractivity contribution in [1.82, 2.24) is 0 Å². The van der Waals surface area contributed by atoms with Gasteiger partial charge < -0.3 is 14.5 Å². The van der Waals surface area contributed by atoms with E-state index in [0.717, 1.165) is 33.6 Å². The number of hydrogen-bond donors (Lipinski definition) is 1. The van der Waals surface area contributed by atoms with E-state index in [9.17, 15) is 9.59 Å². The number of nitrogens with one attached hydrogen (secondary N) is 1. The lowest BCUT2D eigenvalue weighted by Crippen LogP contribution is -2.15. The number of carbonyl (C=O) groups is 2. The maximum absolute atomic E-state index is 13.0. The lowest BCUT2D eigenvalue weighted by Gasteiger charge is -2.12. The molecular weight excluding hydrogens is 386 g/mol. The van der Waals surface area contributed by atoms with E-state index in [4.69, 9.17) is 9.15 Å². The van der Waals surface area contributed by atoms with Gasteiger partial charge in [-0.2, -0.15) is 0 Å². The van der Waals surface area contributed by atoms with Crippen LogP contribution in [0.15, 0.2) is 34.9 Å². The van der Waals surface area contributed by atoms with Crippen LogP contribution < -0.4 is 5.32 Å². The molecule has 29 heavy (non-hydrogen) atoms. The molecule has 5 nitrogen and oxygen atoms in total. The van der Waals surface area contributed by atoms with E-state index < -0.39 is 5.97 Å². The predicted octanol–water partition coefficient (Wildman–Crippen LogP) is 6.06. The number of carbonyl (C=O) groups excluding carboxylic acids is 2. The van der Waals surface area contributed by atoms with Crippen LogP contribution in [0.5, 0.6) is 0 Å². The lowest BCUT2D eigenvalue weighted by atomic mass is 9.95. The van der Waals surface area contributed by atoms with E-state index in [-0.39, 0.29) is 5.91 Å². The van der Waals surface area contributed by atoms with Crippen LogP contribution in [-0.2, 0) is 4.74 Å². The molecule has 1 N–H and O–H groups in total. The van der Waals surface area contributed by atoms with Gasteiger partial charge in [-0.05, 0) is 51.3 Å². The van der Waals surface area contributed by atoms with Crippen molar-refractivity contribution in [3.8, 4) is 11.1 Å². The molecule has 1 amide bonds. The quantitative estimate of drug-likeness (QED) is 0.501. The Kier molecular flexibility index (Phi) is 6.23. The summed E-state index contributed by atoms with van der Waals surface area (Å²) >= 11 is 1.38. The van der Waals surface area contributed by atoms with Crippen molar-refractivity contribution in [3.05, 3.63) is 63.4 Å². The normalized spacial score (nSPS) is 10.8. The zero-order valence-electron chi connectivity index (χ0n) is 17.3. The van der Waals surface area contributed by atoms with E-state index in [1.807, 2.05) is 39.8 Å². The molecule has 2 heterocycles. The molecule has 6 heteroatoms. The van der Waals surface area contributed by atoms with Crippen LogP contribution in [0.4, 0.5) is 5.00 Å². The van der Waals surface area contributed by atoms with E-state index in [1.165, 1.54) is 17.6 Å². The summed E-state index contributed by atoms with van der Waals surface area (Å²) in [5.41, 5.74) is 4.80. The molecule has 152 valence electrons. The molecule has 2 aromatic heterocycles. The van der Waals surface area contributed by atoms with E-state index in [0.29, 0.717) is 28.5 Å². The minimum Gasteiger partial charge on any atom is -0.469 e. The van der Waals surface area contributed by atoms with Crippen LogP contribution in [0.1, 0.15) is 55.8 Å². The summed E-state index contributed by atoms with van der Waals surface area (Å²) in [5.74, 6) is -0.207. The minimum atomic E-state index is -0.425. The monoisotopic (exact) mass is 411 g/mol. The average Bonchev–Trinajstić information content (AvgIpc) is 3.24. The molecule has 0 fully saturated rings. The third-order valence-electron chi connectivity index (χ3n) is 4.72. The van der Waals surface area contributed by atoms with Gasteiger partial charge in [0.2, 0.25) is 0 Å². The van der Waals surface area contributed by atoms with Crippen molar-refractivity contribution in [1.29, 1.82) is 0 Å². The Labute approximate surface area is 174 Å². The summed E-state index contributed by atoms with van der Waals surface area (Å²) in [6.45, 7) is 9.99. The number of amides is 1. The molecule has 0 aliphatic heterocycles. The SMILES string of the molecule is CCCOC(=O)c1c(NC(=O)c2ccoc2C)sc(C)c1-c1cc(C)ccc1C. The zero-order chi connectivity index (χ0) is 21.1. The van der Waals surface area contributed by atoms with E-state index in [1.54, 1.807) is 13.0 Å². The highest BCUT2D eigenvalue weighted by atomic mass is 32.1. The Morgan fingerprint density at radius 2 is 1.90 bits per heavy atom. The highest BCUT2D eigenvalue weighted by Gasteiger charge is 2.27. The fourth-order valence-electron chi connectivity index (χ4n) is 3.21. The van der Waals surface area contributed by atoms with Crippen LogP contribution in [-0.4, -0.2) is 18.5 Å². The van der Waals surface area contributed by atoms with Gasteiger partial charge in [-0.3, -0.25) is 4.79 Å². The number of hydrogen-bond acceptors (Lipinski definition) is 5. The van der Waals surface area contributed by atoms with E-state index in [2.05, 4.69) is 11.4 Å². The number of benzene rings is 1. The number of aryl methyl sites for hydroxylation is 4. The fraction of sp³-hybridized carbons (Fsp3) is 0.304. The summed E-state index contributed by atoms with van der Waals surface area (Å²) in [7, 11) is 0. The van der Waals surface area contributed by atoms with Crippen molar-refractivity contribution >= 4 is 28.2 Å². The van der Waals surface area contributed by atoms with Gasteiger partial charge in [-0.1, -0.05) is 30.7 Å². The first-order valence-electron chi connectivity index (χ1n) is 9.57. The Balaban J connectivity index is 2.11. The van der Waals surface area contributed by atoms with Crippen LogP contribution in [0.25, 0.3) is 11.1 Å². The van der Waals surface area contributed by atoms with Gasteiger partial charge in [0.15, 0.2) is 0 Å². The van der Waals surface area contributed by atoms with Gasteiger partial charge >= 0.3 is 5.97 Å². The smallest absolute Gasteiger partial charge is 0.341 e. The molecule has 0 spiro atoms. The Morgan fingerprint density at radius 1 is 1.14 bits per heavy atom. The lowest BCUT2D eigenvalue weighted by molar-refractivity contribution is 0.0507. The maximum Gasteiger partial charge on any atom is 0.341 e. The summed E-state index contributed by atoms with van der Waals surface area (Å²) in [4.78, 5) is 26.7. The molecule has 0 radical (unpaired) electrons. The summed E-state index contributed by atoms with van der Waals surface area (Å²) in [6.07, 6.45) is 2.20. The third-order valence-corrected chi connectivity index (χ3v) is 5.74. The highest BCUT2D eigenvalue weighted by Crippen LogP contribution is 2.42. The first-order valence-corrected chi connectivity index (χ1v) is 10.4. The first kappa shape index (κ1) is 20.9. The average molecular weight is 412 g/mol. The molecule has 0 bridgehead atoms. The Morgan fingerprint density at radius 3 is 2.55 bits per heavy atom. The molecule has 3 aromatic rings. The largest absolute Gasteiger partial charge is 0.469 e. The number of anilines is 1. The summed E-state index contributed by atoms with van der Waals surface area (Å²) in [6, 6.07) is 7.76. The maximum atomic E-state index is 13.0. The third kappa shape index (κ3) is 4.27. The summed E-state index contributed by atoms with van der Waals surface area (Å²) < 4.78 is 10.7. The molecule has 1 aromatic carbocycles. The second kappa shape index (κ2) is 8.66. The molecule has 0 aliphatic carbocycles. The summed E-state index contributed by atoms with van der Waals surface area (Å²) in [5, 5.41) is 3.39. The van der Waals surface area contributed by atoms with Gasteiger partial charge in [-0.15, -0.1) is 11.3 Å². The second-order valence-electron chi connectivity index (χ2n) is 7.04. The van der Waals surface area contributed by atoms with Crippen molar-refractivity contribution in [2.24, 2.45) is 0 Å². The standard InChI is InChI=1S/C23H25NO4S/c1-6-10-28-23(26)20-19(18-12-13(2)7-8-14(18)3)16(5)29-22(20)24-21(25)17-9-11-27-15(17)4/h7-9,11-12H,6,10H2,1-5H3,(H,24,25). The van der Waals surface area contributed by atoms with Crippen molar-refractivity contribution < 1.29 is 18.7 Å². The molecule has 0 saturated carbocycles.